The topological polar surface area (TPSA) is 23.8 Å². The van der Waals surface area contributed by atoms with Gasteiger partial charge in [-0.2, -0.15) is 5.26 Å². The summed E-state index contributed by atoms with van der Waals surface area (Å²) in [6.45, 7) is 3.63. The van der Waals surface area contributed by atoms with E-state index in [9.17, 15) is 0 Å². The molecule has 0 spiro atoms. The van der Waals surface area contributed by atoms with Crippen LogP contribution in [0.3, 0.4) is 0 Å². The lowest BCUT2D eigenvalue weighted by Gasteiger charge is -2.01. The monoisotopic (exact) mass is 183 g/mol. The molecular formula is C13H13N. The molecule has 14 heavy (non-hydrogen) atoms. The molecule has 1 nitrogen and oxygen atoms in total. The lowest BCUT2D eigenvalue weighted by atomic mass is 10.0. The summed E-state index contributed by atoms with van der Waals surface area (Å²) in [5, 5.41) is 8.07. The van der Waals surface area contributed by atoms with Crippen LogP contribution in [-0.2, 0) is 0 Å². The van der Waals surface area contributed by atoms with Gasteiger partial charge in [0.25, 0.3) is 0 Å². The maximum Gasteiger partial charge on any atom is 0.0943 e. The van der Waals surface area contributed by atoms with Crippen molar-refractivity contribution in [2.45, 2.75) is 12.8 Å². The first-order valence-corrected chi connectivity index (χ1v) is 4.63. The fourth-order valence-corrected chi connectivity index (χ4v) is 0.979. The number of nitrogens with zero attached hydrogens (tertiary/aromatic N) is 1. The summed E-state index contributed by atoms with van der Waals surface area (Å²) in [5.41, 5.74) is 2.13. The summed E-state index contributed by atoms with van der Waals surface area (Å²) in [5.74, 6) is 0. The molecular weight excluding hydrogens is 170 g/mol. The van der Waals surface area contributed by atoms with Gasteiger partial charge in [0, 0.05) is 5.57 Å². The number of hydrogen-bond donors (Lipinski definition) is 0. The highest BCUT2D eigenvalue weighted by atomic mass is 14.3. The van der Waals surface area contributed by atoms with Crippen molar-refractivity contribution in [3.05, 3.63) is 54.1 Å². The molecule has 0 aliphatic heterocycles. The van der Waals surface area contributed by atoms with Crippen LogP contribution in [0.25, 0.3) is 6.08 Å². The highest BCUT2D eigenvalue weighted by Crippen LogP contribution is 2.15. The molecule has 0 atom stereocenters. The highest BCUT2D eigenvalue weighted by Gasteiger charge is 2.00. The Morgan fingerprint density at radius 3 is 2.14 bits per heavy atom. The molecule has 1 aliphatic carbocycles. The standard InChI is InChI=1S/C8H8.C5H5N/c1-2-8-6-4-3-5-7-8;6-4-5-2-1-3-5/h2-7H,1H2;2H,1,3H2. The van der Waals surface area contributed by atoms with Crippen molar-refractivity contribution in [1.29, 1.82) is 5.26 Å². The minimum Gasteiger partial charge on any atom is -0.193 e. The van der Waals surface area contributed by atoms with Gasteiger partial charge in [0.1, 0.15) is 0 Å². The van der Waals surface area contributed by atoms with Crippen molar-refractivity contribution in [2.75, 3.05) is 0 Å². The first kappa shape index (κ1) is 10.3. The van der Waals surface area contributed by atoms with Crippen molar-refractivity contribution >= 4 is 6.08 Å². The third-order valence-corrected chi connectivity index (χ3v) is 1.98. The molecule has 1 aromatic carbocycles. The number of allylic oxidation sites excluding steroid dienone is 2. The third kappa shape index (κ3) is 3.28. The van der Waals surface area contributed by atoms with Crippen LogP contribution in [0.5, 0.6) is 0 Å². The number of rotatable bonds is 1. The highest BCUT2D eigenvalue weighted by molar-refractivity contribution is 5.45. The van der Waals surface area contributed by atoms with Crippen LogP contribution < -0.4 is 0 Å². The summed E-state index contributed by atoms with van der Waals surface area (Å²) in [6, 6.07) is 12.1. The minimum absolute atomic E-state index is 0.954. The predicted octanol–water partition coefficient (Wildman–Crippen LogP) is 3.56. The smallest absolute Gasteiger partial charge is 0.0943 e. The van der Waals surface area contributed by atoms with E-state index in [1.807, 2.05) is 42.5 Å². The summed E-state index contributed by atoms with van der Waals surface area (Å²) < 4.78 is 0. The molecule has 0 N–H and O–H groups in total. The number of nitriles is 1. The van der Waals surface area contributed by atoms with Gasteiger partial charge < -0.3 is 0 Å². The van der Waals surface area contributed by atoms with E-state index in [1.54, 1.807) is 0 Å². The van der Waals surface area contributed by atoms with Crippen LogP contribution in [0.1, 0.15) is 18.4 Å². The fraction of sp³-hybridized carbons (Fsp3) is 0.154. The largest absolute Gasteiger partial charge is 0.193 e. The first-order chi connectivity index (χ1) is 6.86. The Balaban J connectivity index is 0.000000146. The summed E-state index contributed by atoms with van der Waals surface area (Å²) in [6.07, 6.45) is 5.92. The van der Waals surface area contributed by atoms with Crippen LogP contribution in [0.4, 0.5) is 0 Å². The molecule has 1 aromatic rings. The molecule has 2 rings (SSSR count). The van der Waals surface area contributed by atoms with Crippen LogP contribution in [0.15, 0.2) is 48.6 Å². The Bertz CT molecular complexity index is 355. The van der Waals surface area contributed by atoms with E-state index in [2.05, 4.69) is 12.6 Å². The molecule has 0 fully saturated rings. The summed E-state index contributed by atoms with van der Waals surface area (Å²) in [7, 11) is 0. The molecule has 1 aliphatic rings. The molecule has 0 aromatic heterocycles. The molecule has 0 radical (unpaired) electrons. The van der Waals surface area contributed by atoms with E-state index in [4.69, 9.17) is 5.26 Å². The second kappa shape index (κ2) is 5.77. The third-order valence-electron chi connectivity index (χ3n) is 1.98. The number of benzene rings is 1. The van der Waals surface area contributed by atoms with Gasteiger partial charge in [-0.3, -0.25) is 0 Å². The molecule has 0 bridgehead atoms. The quantitative estimate of drug-likeness (QED) is 0.653. The summed E-state index contributed by atoms with van der Waals surface area (Å²) >= 11 is 0. The number of hydrogen-bond acceptors (Lipinski definition) is 1. The summed E-state index contributed by atoms with van der Waals surface area (Å²) in [4.78, 5) is 0. The van der Waals surface area contributed by atoms with E-state index in [-0.39, 0.29) is 0 Å². The zero-order valence-electron chi connectivity index (χ0n) is 8.11. The molecule has 0 heterocycles. The predicted molar refractivity (Wildman–Crippen MR) is 59.5 cm³/mol. The first-order valence-electron chi connectivity index (χ1n) is 4.63. The van der Waals surface area contributed by atoms with Crippen molar-refractivity contribution in [3.8, 4) is 6.07 Å². The van der Waals surface area contributed by atoms with E-state index >= 15 is 0 Å². The Morgan fingerprint density at radius 2 is 1.93 bits per heavy atom. The van der Waals surface area contributed by atoms with Gasteiger partial charge in [0.05, 0.1) is 6.07 Å². The van der Waals surface area contributed by atoms with E-state index in [1.165, 1.54) is 5.56 Å². The van der Waals surface area contributed by atoms with Gasteiger partial charge in [0.15, 0.2) is 0 Å². The van der Waals surface area contributed by atoms with Crippen LogP contribution in [0.2, 0.25) is 0 Å². The molecule has 0 unspecified atom stereocenters. The Hall–Kier alpha value is -1.81. The van der Waals surface area contributed by atoms with Crippen LogP contribution >= 0.6 is 0 Å². The van der Waals surface area contributed by atoms with Gasteiger partial charge in [-0.15, -0.1) is 0 Å². The van der Waals surface area contributed by atoms with Crippen molar-refractivity contribution in [1.82, 2.24) is 0 Å². The second-order valence-electron chi connectivity index (χ2n) is 2.99. The molecule has 0 saturated heterocycles. The van der Waals surface area contributed by atoms with Gasteiger partial charge >= 0.3 is 0 Å². The zero-order valence-corrected chi connectivity index (χ0v) is 8.11. The van der Waals surface area contributed by atoms with E-state index in [0.717, 1.165) is 18.4 Å². The molecule has 70 valence electrons. The van der Waals surface area contributed by atoms with Gasteiger partial charge in [-0.25, -0.2) is 0 Å². The molecule has 0 saturated carbocycles. The minimum atomic E-state index is 0.954. The van der Waals surface area contributed by atoms with Crippen molar-refractivity contribution in [3.63, 3.8) is 0 Å². The molecule has 1 heteroatoms. The van der Waals surface area contributed by atoms with Crippen LogP contribution in [-0.4, -0.2) is 0 Å². The van der Waals surface area contributed by atoms with Gasteiger partial charge in [-0.1, -0.05) is 49.1 Å². The fourth-order valence-electron chi connectivity index (χ4n) is 0.979. The lowest BCUT2D eigenvalue weighted by Crippen LogP contribution is -1.87. The zero-order chi connectivity index (χ0) is 10.2. The Morgan fingerprint density at radius 1 is 1.29 bits per heavy atom. The van der Waals surface area contributed by atoms with E-state index < -0.39 is 0 Å². The maximum atomic E-state index is 8.07. The molecule has 0 amide bonds. The van der Waals surface area contributed by atoms with Crippen LogP contribution in [0, 0.1) is 11.3 Å². The lowest BCUT2D eigenvalue weighted by molar-refractivity contribution is 0.911. The Kier molecular flexibility index (Phi) is 4.23. The van der Waals surface area contributed by atoms with E-state index in [0.29, 0.717) is 0 Å². The Labute approximate surface area is 85.0 Å². The normalized spacial score (nSPS) is 12.4. The van der Waals surface area contributed by atoms with Gasteiger partial charge in [-0.05, 0) is 18.4 Å². The maximum absolute atomic E-state index is 8.07. The average molecular weight is 183 g/mol. The second-order valence-corrected chi connectivity index (χ2v) is 2.99. The van der Waals surface area contributed by atoms with Crippen molar-refractivity contribution < 1.29 is 0 Å². The SMILES string of the molecule is C=Cc1ccccc1.N#CC1=CCC1. The average Bonchev–Trinajstić information content (AvgIpc) is 2.18. The van der Waals surface area contributed by atoms with Crippen molar-refractivity contribution in [2.24, 2.45) is 0 Å². The van der Waals surface area contributed by atoms with Gasteiger partial charge in [0.2, 0.25) is 0 Å².